The summed E-state index contributed by atoms with van der Waals surface area (Å²) >= 11 is 0. The number of hydrogen-bond donors (Lipinski definition) is 1. The van der Waals surface area contributed by atoms with Gasteiger partial charge in [-0.15, -0.1) is 0 Å². The number of ether oxygens (including phenoxy) is 1. The number of halogens is 1. The zero-order valence-electron chi connectivity index (χ0n) is 10.6. The first-order chi connectivity index (χ1) is 9.10. The van der Waals surface area contributed by atoms with E-state index in [0.29, 0.717) is 18.7 Å². The maximum Gasteiger partial charge on any atom is 0.414 e. The minimum absolute atomic E-state index is 0.0970. The molecule has 0 aliphatic carbocycles. The highest BCUT2D eigenvalue weighted by molar-refractivity contribution is 5.89. The molecule has 1 aromatic rings. The van der Waals surface area contributed by atoms with Gasteiger partial charge in [-0.3, -0.25) is 9.69 Å². The second-order valence-electron chi connectivity index (χ2n) is 4.25. The third-order valence-corrected chi connectivity index (χ3v) is 2.84. The maximum absolute atomic E-state index is 13.1. The molecule has 2 rings (SSSR count). The molecule has 1 N–H and O–H groups in total. The first-order valence-electron chi connectivity index (χ1n) is 6.10. The van der Waals surface area contributed by atoms with Crippen LogP contribution in [-0.4, -0.2) is 31.2 Å². The number of nitrogens with zero attached hydrogens (tertiary/aromatic N) is 1. The summed E-state index contributed by atoms with van der Waals surface area (Å²) in [4.78, 5) is 24.2. The van der Waals surface area contributed by atoms with Crippen LogP contribution in [0, 0.1) is 5.82 Å². The standard InChI is InChI=1S/C13H15FN2O3/c1-2-12(17)15-7-11-8-16(13(18)19-11)10-5-3-4-9(14)6-10/h3-6,11H,2,7-8H2,1H3,(H,15,17). The van der Waals surface area contributed by atoms with Gasteiger partial charge >= 0.3 is 6.09 Å². The van der Waals surface area contributed by atoms with Crippen LogP contribution in [0.5, 0.6) is 0 Å². The van der Waals surface area contributed by atoms with Crippen LogP contribution >= 0.6 is 0 Å². The fourth-order valence-corrected chi connectivity index (χ4v) is 1.84. The zero-order valence-corrected chi connectivity index (χ0v) is 10.6. The Morgan fingerprint density at radius 1 is 1.58 bits per heavy atom. The third-order valence-electron chi connectivity index (χ3n) is 2.84. The van der Waals surface area contributed by atoms with Crippen molar-refractivity contribution in [1.29, 1.82) is 0 Å². The molecule has 1 saturated heterocycles. The van der Waals surface area contributed by atoms with Crippen LogP contribution in [0.4, 0.5) is 14.9 Å². The Bertz CT molecular complexity index is 493. The number of benzene rings is 1. The van der Waals surface area contributed by atoms with E-state index >= 15 is 0 Å². The van der Waals surface area contributed by atoms with Gasteiger partial charge in [-0.25, -0.2) is 9.18 Å². The van der Waals surface area contributed by atoms with Gasteiger partial charge in [0.15, 0.2) is 0 Å². The van der Waals surface area contributed by atoms with E-state index in [1.807, 2.05) is 0 Å². The van der Waals surface area contributed by atoms with Crippen molar-refractivity contribution in [2.24, 2.45) is 0 Å². The van der Waals surface area contributed by atoms with Gasteiger partial charge in [0.2, 0.25) is 5.91 Å². The third kappa shape index (κ3) is 3.21. The number of anilines is 1. The van der Waals surface area contributed by atoms with E-state index in [1.165, 1.54) is 23.1 Å². The van der Waals surface area contributed by atoms with Gasteiger partial charge in [-0.2, -0.15) is 0 Å². The summed E-state index contributed by atoms with van der Waals surface area (Å²) in [5.41, 5.74) is 0.453. The Morgan fingerprint density at radius 2 is 2.37 bits per heavy atom. The van der Waals surface area contributed by atoms with Crippen molar-refractivity contribution in [1.82, 2.24) is 5.32 Å². The highest BCUT2D eigenvalue weighted by Gasteiger charge is 2.32. The molecule has 1 aromatic carbocycles. The number of nitrogens with one attached hydrogen (secondary N) is 1. The molecule has 0 saturated carbocycles. The lowest BCUT2D eigenvalue weighted by atomic mass is 10.2. The molecule has 1 aliphatic rings. The number of carbonyl (C=O) groups is 2. The van der Waals surface area contributed by atoms with E-state index in [9.17, 15) is 14.0 Å². The normalized spacial score (nSPS) is 18.3. The largest absolute Gasteiger partial charge is 0.442 e. The molecule has 0 spiro atoms. The minimum Gasteiger partial charge on any atom is -0.442 e. The Morgan fingerprint density at radius 3 is 3.05 bits per heavy atom. The van der Waals surface area contributed by atoms with Crippen LogP contribution in [-0.2, 0) is 9.53 Å². The zero-order chi connectivity index (χ0) is 13.8. The molecular weight excluding hydrogens is 251 g/mol. The lowest BCUT2D eigenvalue weighted by molar-refractivity contribution is -0.121. The van der Waals surface area contributed by atoms with Crippen molar-refractivity contribution in [3.8, 4) is 0 Å². The first kappa shape index (κ1) is 13.3. The molecule has 5 nitrogen and oxygen atoms in total. The molecule has 6 heteroatoms. The van der Waals surface area contributed by atoms with E-state index in [2.05, 4.69) is 5.32 Å². The fourth-order valence-electron chi connectivity index (χ4n) is 1.84. The Hall–Kier alpha value is -2.11. The van der Waals surface area contributed by atoms with Gasteiger partial charge in [0.25, 0.3) is 0 Å². The summed E-state index contributed by atoms with van der Waals surface area (Å²) in [6.07, 6.45) is -0.554. The van der Waals surface area contributed by atoms with Crippen molar-refractivity contribution in [3.63, 3.8) is 0 Å². The maximum atomic E-state index is 13.1. The Balaban J connectivity index is 1.98. The van der Waals surface area contributed by atoms with Crippen LogP contribution < -0.4 is 10.2 Å². The molecule has 1 aliphatic heterocycles. The fraction of sp³-hybridized carbons (Fsp3) is 0.385. The van der Waals surface area contributed by atoms with Crippen molar-refractivity contribution >= 4 is 17.7 Å². The van der Waals surface area contributed by atoms with Crippen LogP contribution in [0.15, 0.2) is 24.3 Å². The lowest BCUT2D eigenvalue weighted by Gasteiger charge is -2.12. The molecule has 1 fully saturated rings. The quantitative estimate of drug-likeness (QED) is 0.902. The number of cyclic esters (lactones) is 1. The molecule has 2 amide bonds. The van der Waals surface area contributed by atoms with Crippen LogP contribution in [0.2, 0.25) is 0 Å². The van der Waals surface area contributed by atoms with Crippen LogP contribution in [0.3, 0.4) is 0 Å². The summed E-state index contributed by atoms with van der Waals surface area (Å²) in [5.74, 6) is -0.506. The summed E-state index contributed by atoms with van der Waals surface area (Å²) in [5, 5.41) is 2.66. The van der Waals surface area contributed by atoms with Crippen molar-refractivity contribution < 1.29 is 18.7 Å². The van der Waals surface area contributed by atoms with E-state index < -0.39 is 18.0 Å². The van der Waals surface area contributed by atoms with Gasteiger partial charge in [0.05, 0.1) is 18.8 Å². The number of carbonyl (C=O) groups excluding carboxylic acids is 2. The summed E-state index contributed by atoms with van der Waals surface area (Å²) in [7, 11) is 0. The Labute approximate surface area is 110 Å². The minimum atomic E-state index is -0.527. The molecule has 102 valence electrons. The summed E-state index contributed by atoms with van der Waals surface area (Å²) in [6.45, 7) is 2.31. The monoisotopic (exact) mass is 266 g/mol. The molecule has 1 atom stereocenters. The topological polar surface area (TPSA) is 58.6 Å². The molecule has 0 radical (unpaired) electrons. The van der Waals surface area contributed by atoms with E-state index in [0.717, 1.165) is 0 Å². The molecule has 0 bridgehead atoms. The van der Waals surface area contributed by atoms with Crippen LogP contribution in [0.25, 0.3) is 0 Å². The van der Waals surface area contributed by atoms with Crippen LogP contribution in [0.1, 0.15) is 13.3 Å². The Kier molecular flexibility index (Phi) is 3.99. The van der Waals surface area contributed by atoms with Gasteiger partial charge in [0.1, 0.15) is 11.9 Å². The average Bonchev–Trinajstić information content (AvgIpc) is 2.77. The molecule has 1 heterocycles. The molecule has 0 aromatic heterocycles. The predicted molar refractivity (Wildman–Crippen MR) is 67.3 cm³/mol. The molecular formula is C13H15FN2O3. The second kappa shape index (κ2) is 5.69. The average molecular weight is 266 g/mol. The predicted octanol–water partition coefficient (Wildman–Crippen LogP) is 1.68. The lowest BCUT2D eigenvalue weighted by Crippen LogP contribution is -2.34. The second-order valence-corrected chi connectivity index (χ2v) is 4.25. The van der Waals surface area contributed by atoms with Gasteiger partial charge < -0.3 is 10.1 Å². The molecule has 19 heavy (non-hydrogen) atoms. The highest BCUT2D eigenvalue weighted by Crippen LogP contribution is 2.21. The highest BCUT2D eigenvalue weighted by atomic mass is 19.1. The van der Waals surface area contributed by atoms with E-state index in [4.69, 9.17) is 4.74 Å². The summed E-state index contributed by atoms with van der Waals surface area (Å²) < 4.78 is 18.2. The van der Waals surface area contributed by atoms with E-state index in [-0.39, 0.29) is 12.5 Å². The number of hydrogen-bond acceptors (Lipinski definition) is 3. The number of rotatable bonds is 4. The van der Waals surface area contributed by atoms with Gasteiger partial charge in [0, 0.05) is 6.42 Å². The van der Waals surface area contributed by atoms with Gasteiger partial charge in [-0.1, -0.05) is 13.0 Å². The van der Waals surface area contributed by atoms with Gasteiger partial charge in [-0.05, 0) is 18.2 Å². The first-order valence-corrected chi connectivity index (χ1v) is 6.10. The smallest absolute Gasteiger partial charge is 0.414 e. The number of amides is 2. The van der Waals surface area contributed by atoms with Crippen molar-refractivity contribution in [3.05, 3.63) is 30.1 Å². The SMILES string of the molecule is CCC(=O)NCC1CN(c2cccc(F)c2)C(=O)O1. The summed E-state index contributed by atoms with van der Waals surface area (Å²) in [6, 6.07) is 5.75. The van der Waals surface area contributed by atoms with Crippen molar-refractivity contribution in [2.45, 2.75) is 19.4 Å². The van der Waals surface area contributed by atoms with Crippen molar-refractivity contribution in [2.75, 3.05) is 18.0 Å². The van der Waals surface area contributed by atoms with E-state index in [1.54, 1.807) is 13.0 Å². The molecule has 1 unspecified atom stereocenters.